The van der Waals surface area contributed by atoms with Crippen molar-refractivity contribution in [3.8, 4) is 0 Å². The Morgan fingerprint density at radius 3 is 1.88 bits per heavy atom. The molecule has 6 heteroatoms. The number of rotatable bonds is 14. The van der Waals surface area contributed by atoms with Crippen LogP contribution in [0, 0.1) is 0 Å². The maximum absolute atomic E-state index is 10.4. The molecule has 146 valence electrons. The molecule has 0 heterocycles. The number of carboxylic acid groups (broad SMARTS) is 1. The van der Waals surface area contributed by atoms with Crippen LogP contribution in [0.25, 0.3) is 0 Å². The summed E-state index contributed by atoms with van der Waals surface area (Å²) in [5, 5.41) is 45.8. The second-order valence-corrected chi connectivity index (χ2v) is 5.70. The van der Waals surface area contributed by atoms with Crippen molar-refractivity contribution in [2.24, 2.45) is 0 Å². The summed E-state index contributed by atoms with van der Waals surface area (Å²) in [6, 6.07) is 0. The van der Waals surface area contributed by atoms with E-state index < -0.39 is 24.3 Å². The second kappa shape index (κ2) is 16.5. The maximum atomic E-state index is 10.4. The van der Waals surface area contributed by atoms with Gasteiger partial charge in [-0.3, -0.25) is 4.79 Å². The Hall–Kier alpha value is -1.99. The molecule has 0 aromatic carbocycles. The van der Waals surface area contributed by atoms with Gasteiger partial charge in [-0.2, -0.15) is 0 Å². The molecular formula is C20H30O6. The summed E-state index contributed by atoms with van der Waals surface area (Å²) in [5.74, 6) is -0.866. The van der Waals surface area contributed by atoms with E-state index in [0.29, 0.717) is 25.7 Å². The van der Waals surface area contributed by atoms with Gasteiger partial charge in [0.1, 0.15) is 0 Å². The van der Waals surface area contributed by atoms with Crippen LogP contribution in [0.15, 0.2) is 60.8 Å². The van der Waals surface area contributed by atoms with Gasteiger partial charge >= 0.3 is 5.97 Å². The lowest BCUT2D eigenvalue weighted by atomic mass is 10.1. The summed E-state index contributed by atoms with van der Waals surface area (Å²) in [6.45, 7) is -0.0644. The molecule has 3 atom stereocenters. The second-order valence-electron chi connectivity index (χ2n) is 5.70. The molecule has 6 nitrogen and oxygen atoms in total. The SMILES string of the molecule is O=C(O)CCC[C@H](O)\C=C/C=C/C=C/[C@H](O)C/C=C\C=C\[C@H](O)CCO. The predicted octanol–water partition coefficient (Wildman–Crippen LogP) is 1.88. The standard InChI is InChI=1S/C20H30O6/c21-16-15-19(24)12-7-3-6-11-17(22)9-4-1-2-5-10-18(23)13-8-14-20(25)26/h1-7,9-10,12,17-19,21-24H,8,11,13-16H2,(H,25,26)/b2-1+,6-3-,9-4+,10-5-,12-7+/t17-,18+,19-/m0/s1. The van der Waals surface area contributed by atoms with Crippen LogP contribution in [0.3, 0.4) is 0 Å². The van der Waals surface area contributed by atoms with Crippen molar-refractivity contribution in [2.45, 2.75) is 50.4 Å². The van der Waals surface area contributed by atoms with Gasteiger partial charge in [-0.05, 0) is 25.7 Å². The summed E-state index contributed by atoms with van der Waals surface area (Å²) < 4.78 is 0. The first-order chi connectivity index (χ1) is 12.5. The van der Waals surface area contributed by atoms with Crippen LogP contribution < -0.4 is 0 Å². The molecule has 0 saturated heterocycles. The van der Waals surface area contributed by atoms with E-state index >= 15 is 0 Å². The molecule has 0 saturated carbocycles. The highest BCUT2D eigenvalue weighted by molar-refractivity contribution is 5.66. The molecule has 0 radical (unpaired) electrons. The van der Waals surface area contributed by atoms with Crippen molar-refractivity contribution in [1.82, 2.24) is 0 Å². The van der Waals surface area contributed by atoms with E-state index in [0.717, 1.165) is 0 Å². The molecule has 0 fully saturated rings. The van der Waals surface area contributed by atoms with Crippen LogP contribution in [-0.2, 0) is 4.79 Å². The van der Waals surface area contributed by atoms with Crippen LogP contribution in [0.1, 0.15) is 32.1 Å². The molecule has 0 rings (SSSR count). The van der Waals surface area contributed by atoms with E-state index in [1.54, 1.807) is 60.8 Å². The Balaban J connectivity index is 3.96. The molecule has 0 aliphatic carbocycles. The molecule has 0 amide bonds. The van der Waals surface area contributed by atoms with Gasteiger partial charge < -0.3 is 25.5 Å². The molecule has 0 bridgehead atoms. The van der Waals surface area contributed by atoms with Crippen molar-refractivity contribution < 1.29 is 30.3 Å². The number of aliphatic carboxylic acids is 1. The molecule has 0 spiro atoms. The lowest BCUT2D eigenvalue weighted by Crippen LogP contribution is -2.03. The Morgan fingerprint density at radius 1 is 0.769 bits per heavy atom. The number of aliphatic hydroxyl groups excluding tert-OH is 4. The highest BCUT2D eigenvalue weighted by atomic mass is 16.4. The molecule has 26 heavy (non-hydrogen) atoms. The van der Waals surface area contributed by atoms with Crippen molar-refractivity contribution >= 4 is 5.97 Å². The lowest BCUT2D eigenvalue weighted by Gasteiger charge is -2.02. The van der Waals surface area contributed by atoms with Crippen LogP contribution in [0.5, 0.6) is 0 Å². The third-order valence-electron chi connectivity index (χ3n) is 3.27. The van der Waals surface area contributed by atoms with E-state index in [4.69, 9.17) is 10.2 Å². The fourth-order valence-corrected chi connectivity index (χ4v) is 1.87. The Kier molecular flexibility index (Phi) is 15.2. The molecule has 0 aromatic heterocycles. The molecular weight excluding hydrogens is 336 g/mol. The van der Waals surface area contributed by atoms with Crippen molar-refractivity contribution in [3.63, 3.8) is 0 Å². The summed E-state index contributed by atoms with van der Waals surface area (Å²) in [6.07, 6.45) is 16.4. The number of allylic oxidation sites excluding steroid dienone is 6. The number of carboxylic acids is 1. The Morgan fingerprint density at radius 2 is 1.31 bits per heavy atom. The molecule has 5 N–H and O–H groups in total. The van der Waals surface area contributed by atoms with Crippen molar-refractivity contribution in [1.29, 1.82) is 0 Å². The largest absolute Gasteiger partial charge is 0.481 e. The summed E-state index contributed by atoms with van der Waals surface area (Å²) in [5.41, 5.74) is 0. The topological polar surface area (TPSA) is 118 Å². The molecule has 0 aliphatic heterocycles. The zero-order chi connectivity index (χ0) is 19.6. The number of hydrogen-bond donors (Lipinski definition) is 5. The molecule has 0 aliphatic rings. The lowest BCUT2D eigenvalue weighted by molar-refractivity contribution is -0.137. The number of carbonyl (C=O) groups is 1. The van der Waals surface area contributed by atoms with Gasteiger partial charge in [0.15, 0.2) is 0 Å². The highest BCUT2D eigenvalue weighted by Gasteiger charge is 2.01. The third-order valence-corrected chi connectivity index (χ3v) is 3.27. The van der Waals surface area contributed by atoms with Gasteiger partial charge in [-0.25, -0.2) is 0 Å². The minimum absolute atomic E-state index is 0.0504. The zero-order valence-electron chi connectivity index (χ0n) is 14.9. The number of aliphatic hydroxyl groups is 4. The molecule has 0 aromatic rings. The highest BCUT2D eigenvalue weighted by Crippen LogP contribution is 2.02. The van der Waals surface area contributed by atoms with Gasteiger partial charge in [-0.1, -0.05) is 60.8 Å². The predicted molar refractivity (Wildman–Crippen MR) is 102 cm³/mol. The van der Waals surface area contributed by atoms with Gasteiger partial charge in [0.05, 0.1) is 18.3 Å². The Bertz CT molecular complexity index is 504. The summed E-state index contributed by atoms with van der Waals surface area (Å²) in [4.78, 5) is 10.4. The summed E-state index contributed by atoms with van der Waals surface area (Å²) >= 11 is 0. The summed E-state index contributed by atoms with van der Waals surface area (Å²) in [7, 11) is 0. The minimum Gasteiger partial charge on any atom is -0.481 e. The van der Waals surface area contributed by atoms with Gasteiger partial charge in [0.25, 0.3) is 0 Å². The van der Waals surface area contributed by atoms with Crippen molar-refractivity contribution in [3.05, 3.63) is 60.8 Å². The van der Waals surface area contributed by atoms with E-state index in [1.807, 2.05) is 0 Å². The number of hydrogen-bond acceptors (Lipinski definition) is 5. The third kappa shape index (κ3) is 16.9. The van der Waals surface area contributed by atoms with Crippen LogP contribution in [0.2, 0.25) is 0 Å². The van der Waals surface area contributed by atoms with Crippen LogP contribution >= 0.6 is 0 Å². The minimum atomic E-state index is -0.866. The first-order valence-electron chi connectivity index (χ1n) is 8.67. The van der Waals surface area contributed by atoms with Gasteiger partial charge in [0.2, 0.25) is 0 Å². The van der Waals surface area contributed by atoms with E-state index in [-0.39, 0.29) is 13.0 Å². The van der Waals surface area contributed by atoms with Crippen LogP contribution in [0.4, 0.5) is 0 Å². The van der Waals surface area contributed by atoms with Crippen LogP contribution in [-0.4, -0.2) is 56.4 Å². The van der Waals surface area contributed by atoms with E-state index in [2.05, 4.69) is 0 Å². The average molecular weight is 366 g/mol. The maximum Gasteiger partial charge on any atom is 0.303 e. The normalized spacial score (nSPS) is 16.5. The van der Waals surface area contributed by atoms with Gasteiger partial charge in [0, 0.05) is 13.0 Å². The van der Waals surface area contributed by atoms with Gasteiger partial charge in [-0.15, -0.1) is 0 Å². The van der Waals surface area contributed by atoms with E-state index in [1.165, 1.54) is 0 Å². The smallest absolute Gasteiger partial charge is 0.303 e. The fourth-order valence-electron chi connectivity index (χ4n) is 1.87. The first kappa shape index (κ1) is 24.0. The fraction of sp³-hybridized carbons (Fsp3) is 0.450. The zero-order valence-corrected chi connectivity index (χ0v) is 14.9. The monoisotopic (exact) mass is 366 g/mol. The first-order valence-corrected chi connectivity index (χ1v) is 8.67. The molecule has 0 unspecified atom stereocenters. The quantitative estimate of drug-likeness (QED) is 0.300. The Labute approximate surface area is 154 Å². The van der Waals surface area contributed by atoms with E-state index in [9.17, 15) is 20.1 Å². The average Bonchev–Trinajstić information content (AvgIpc) is 2.57. The van der Waals surface area contributed by atoms with Crippen molar-refractivity contribution in [2.75, 3.05) is 6.61 Å².